The van der Waals surface area contributed by atoms with Gasteiger partial charge in [0.1, 0.15) is 6.04 Å². The highest BCUT2D eigenvalue weighted by molar-refractivity contribution is 5.97. The van der Waals surface area contributed by atoms with Crippen molar-refractivity contribution >= 4 is 46.4 Å². The molecule has 0 unspecified atom stereocenters. The smallest absolute Gasteiger partial charge is 0.328 e. The highest BCUT2D eigenvalue weighted by atomic mass is 16.5. The van der Waals surface area contributed by atoms with Gasteiger partial charge in [-0.3, -0.25) is 29.5 Å². The average Bonchev–Trinajstić information content (AvgIpc) is 2.94. The van der Waals surface area contributed by atoms with Crippen LogP contribution >= 0.6 is 0 Å². The summed E-state index contributed by atoms with van der Waals surface area (Å²) in [6.45, 7) is 9.28. The monoisotopic (exact) mass is 580 g/mol. The summed E-state index contributed by atoms with van der Waals surface area (Å²) in [4.78, 5) is 72.7. The first kappa shape index (κ1) is 31.7. The third kappa shape index (κ3) is 8.85. The summed E-state index contributed by atoms with van der Waals surface area (Å²) >= 11 is 0. The Morgan fingerprint density at radius 2 is 1.71 bits per heavy atom. The molecule has 13 heteroatoms. The summed E-state index contributed by atoms with van der Waals surface area (Å²) in [5.74, 6) is -1.85. The van der Waals surface area contributed by atoms with Gasteiger partial charge in [-0.05, 0) is 56.2 Å². The van der Waals surface area contributed by atoms with E-state index in [-0.39, 0.29) is 48.9 Å². The van der Waals surface area contributed by atoms with Crippen LogP contribution in [0.2, 0.25) is 0 Å². The highest BCUT2D eigenvalue weighted by Gasteiger charge is 2.24. The first-order valence-electron chi connectivity index (χ1n) is 13.6. The third-order valence-corrected chi connectivity index (χ3v) is 5.99. The van der Waals surface area contributed by atoms with Gasteiger partial charge in [0.2, 0.25) is 11.9 Å². The van der Waals surface area contributed by atoms with E-state index in [0.717, 1.165) is 0 Å². The van der Waals surface area contributed by atoms with Crippen molar-refractivity contribution in [3.8, 4) is 0 Å². The lowest BCUT2D eigenvalue weighted by Gasteiger charge is -2.17. The molecule has 0 saturated carbocycles. The molecule has 0 aliphatic heterocycles. The van der Waals surface area contributed by atoms with Crippen molar-refractivity contribution in [2.24, 2.45) is 5.41 Å². The number of H-pyrrole nitrogens is 1. The van der Waals surface area contributed by atoms with Gasteiger partial charge in [0.15, 0.2) is 5.65 Å². The van der Waals surface area contributed by atoms with Crippen molar-refractivity contribution in [3.05, 3.63) is 58.0 Å². The first-order chi connectivity index (χ1) is 19.9. The molecule has 2 amide bonds. The van der Waals surface area contributed by atoms with E-state index in [2.05, 4.69) is 30.9 Å². The number of carbonyl (C=O) groups is 4. The maximum absolute atomic E-state index is 12.8. The average molecular weight is 581 g/mol. The van der Waals surface area contributed by atoms with E-state index < -0.39 is 34.9 Å². The first-order valence-corrected chi connectivity index (χ1v) is 13.6. The molecular formula is C29H36N6O7. The fraction of sp³-hybridized carbons (Fsp3) is 0.414. The molecule has 0 radical (unpaired) electrons. The van der Waals surface area contributed by atoms with Crippen LogP contribution in [0.5, 0.6) is 0 Å². The number of nitrogens with zero attached hydrogens (tertiary/aromatic N) is 2. The van der Waals surface area contributed by atoms with Crippen LogP contribution in [0.1, 0.15) is 63.4 Å². The Labute approximate surface area is 242 Å². The molecule has 0 spiro atoms. The maximum Gasteiger partial charge on any atom is 0.328 e. The molecule has 0 bridgehead atoms. The predicted molar refractivity (Wildman–Crippen MR) is 156 cm³/mol. The summed E-state index contributed by atoms with van der Waals surface area (Å²) in [6, 6.07) is 7.23. The molecule has 0 aliphatic carbocycles. The number of benzene rings is 1. The van der Waals surface area contributed by atoms with Gasteiger partial charge >= 0.3 is 11.9 Å². The summed E-state index contributed by atoms with van der Waals surface area (Å²) in [5, 5.41) is 8.69. The molecule has 13 nitrogen and oxygen atoms in total. The number of nitrogens with one attached hydrogen (secondary N) is 4. The lowest BCUT2D eigenvalue weighted by Crippen LogP contribution is -2.42. The molecule has 0 saturated heterocycles. The van der Waals surface area contributed by atoms with E-state index in [1.807, 2.05) is 0 Å². The standard InChI is InChI=1S/C29H36N6O7/c1-6-41-22(36)13-12-21(26(39)42-7-2)32-24(37)18-8-10-19(11-9-18)30-15-17-14-20-23(31-16-17)33-28(34-25(20)38)35-27(40)29(3,4)5/h8-11,14,16,21,30H,6-7,12-13,15H2,1-5H3,(H,32,37)(H2,31,33,34,35,38,40)/t21-/m0/s1. The number of hydrogen-bond acceptors (Lipinski definition) is 10. The van der Waals surface area contributed by atoms with Crippen molar-refractivity contribution in [1.82, 2.24) is 20.3 Å². The molecule has 4 N–H and O–H groups in total. The molecule has 2 aromatic heterocycles. The van der Waals surface area contributed by atoms with Crippen molar-refractivity contribution in [3.63, 3.8) is 0 Å². The normalized spacial score (nSPS) is 11.8. The minimum atomic E-state index is -0.997. The zero-order chi connectivity index (χ0) is 30.9. The molecule has 3 rings (SSSR count). The third-order valence-electron chi connectivity index (χ3n) is 5.99. The van der Waals surface area contributed by atoms with Crippen molar-refractivity contribution in [1.29, 1.82) is 0 Å². The van der Waals surface area contributed by atoms with Crippen LogP contribution < -0.4 is 21.5 Å². The van der Waals surface area contributed by atoms with Gasteiger partial charge < -0.3 is 20.1 Å². The molecule has 1 aromatic carbocycles. The number of aromatic amines is 1. The lowest BCUT2D eigenvalue weighted by atomic mass is 9.96. The van der Waals surface area contributed by atoms with Gasteiger partial charge in [-0.25, -0.2) is 9.78 Å². The van der Waals surface area contributed by atoms with E-state index >= 15 is 0 Å². The minimum absolute atomic E-state index is 0.0301. The van der Waals surface area contributed by atoms with E-state index in [0.29, 0.717) is 23.4 Å². The largest absolute Gasteiger partial charge is 0.466 e. The topological polar surface area (TPSA) is 181 Å². The van der Waals surface area contributed by atoms with Crippen LogP contribution in [0.15, 0.2) is 41.3 Å². The van der Waals surface area contributed by atoms with E-state index in [1.165, 1.54) is 0 Å². The Kier molecular flexibility index (Phi) is 10.7. The summed E-state index contributed by atoms with van der Waals surface area (Å²) in [5.41, 5.74) is 0.827. The van der Waals surface area contributed by atoms with Gasteiger partial charge in [-0.2, -0.15) is 4.98 Å². The van der Waals surface area contributed by atoms with Crippen LogP contribution in [0.3, 0.4) is 0 Å². The number of carbonyl (C=O) groups excluding carboxylic acids is 4. The van der Waals surface area contributed by atoms with E-state index in [1.54, 1.807) is 71.1 Å². The second-order valence-electron chi connectivity index (χ2n) is 10.4. The number of fused-ring (bicyclic) bond motifs is 1. The Bertz CT molecular complexity index is 1500. The summed E-state index contributed by atoms with van der Waals surface area (Å²) in [6.07, 6.45) is 1.58. The van der Waals surface area contributed by atoms with Gasteiger partial charge in [-0.1, -0.05) is 20.8 Å². The molecular weight excluding hydrogens is 544 g/mol. The maximum atomic E-state index is 12.8. The second-order valence-corrected chi connectivity index (χ2v) is 10.4. The predicted octanol–water partition coefficient (Wildman–Crippen LogP) is 2.92. The number of ether oxygens (including phenoxy) is 2. The molecule has 0 fully saturated rings. The number of pyridine rings is 1. The second kappa shape index (κ2) is 14.2. The highest BCUT2D eigenvalue weighted by Crippen LogP contribution is 2.17. The van der Waals surface area contributed by atoms with Gasteiger partial charge in [-0.15, -0.1) is 0 Å². The molecule has 1 atom stereocenters. The number of rotatable bonds is 12. The number of anilines is 2. The van der Waals surface area contributed by atoms with Crippen LogP contribution in [0, 0.1) is 5.41 Å². The van der Waals surface area contributed by atoms with E-state index in [4.69, 9.17) is 9.47 Å². The Morgan fingerprint density at radius 3 is 2.36 bits per heavy atom. The molecule has 0 aliphatic rings. The number of hydrogen-bond donors (Lipinski definition) is 4. The molecule has 42 heavy (non-hydrogen) atoms. The van der Waals surface area contributed by atoms with Gasteiger partial charge in [0.25, 0.3) is 11.5 Å². The Hall–Kier alpha value is -4.81. The number of amides is 2. The van der Waals surface area contributed by atoms with Gasteiger partial charge in [0.05, 0.1) is 18.6 Å². The van der Waals surface area contributed by atoms with Gasteiger partial charge in [0, 0.05) is 35.8 Å². The number of esters is 2. The Balaban J connectivity index is 1.63. The van der Waals surface area contributed by atoms with Crippen LogP contribution in [0.25, 0.3) is 11.0 Å². The van der Waals surface area contributed by atoms with Crippen molar-refractivity contribution < 1.29 is 28.7 Å². The minimum Gasteiger partial charge on any atom is -0.466 e. The quantitative estimate of drug-likeness (QED) is 0.233. The SMILES string of the molecule is CCOC(=O)CC[C@H](NC(=O)c1ccc(NCc2cnc3nc(NC(=O)C(C)(C)C)[nH]c(=O)c3c2)cc1)C(=O)OCC. The Morgan fingerprint density at radius 1 is 1.02 bits per heavy atom. The molecule has 2 heterocycles. The van der Waals surface area contributed by atoms with Crippen molar-refractivity contribution in [2.75, 3.05) is 23.8 Å². The molecule has 3 aromatic rings. The van der Waals surface area contributed by atoms with Crippen LogP contribution in [-0.2, 0) is 30.4 Å². The number of aromatic nitrogens is 3. The summed E-state index contributed by atoms with van der Waals surface area (Å²) in [7, 11) is 0. The fourth-order valence-electron chi connectivity index (χ4n) is 3.69. The van der Waals surface area contributed by atoms with Crippen LogP contribution in [-0.4, -0.2) is 58.0 Å². The summed E-state index contributed by atoms with van der Waals surface area (Å²) < 4.78 is 9.93. The van der Waals surface area contributed by atoms with E-state index in [9.17, 15) is 24.0 Å². The lowest BCUT2D eigenvalue weighted by molar-refractivity contribution is -0.146. The van der Waals surface area contributed by atoms with Crippen LogP contribution in [0.4, 0.5) is 11.6 Å². The zero-order valence-corrected chi connectivity index (χ0v) is 24.3. The van der Waals surface area contributed by atoms with Crippen molar-refractivity contribution in [2.45, 2.75) is 60.0 Å². The zero-order valence-electron chi connectivity index (χ0n) is 24.3. The fourth-order valence-corrected chi connectivity index (χ4v) is 3.69. The molecule has 224 valence electrons.